The molecule has 0 spiro atoms. The lowest BCUT2D eigenvalue weighted by Crippen LogP contribution is -1.99. The van der Waals surface area contributed by atoms with Crippen molar-refractivity contribution in [3.63, 3.8) is 0 Å². The zero-order chi connectivity index (χ0) is 18.3. The lowest BCUT2D eigenvalue weighted by molar-refractivity contribution is 1.32. The first-order chi connectivity index (χ1) is 12.5. The SMILES string of the molecule is CC(=Nc1c(Br)cc(C)cc1Br)c1ccc2ccc3cccnc3c2n1. The molecule has 0 bridgehead atoms. The monoisotopic (exact) mass is 467 g/mol. The highest BCUT2D eigenvalue weighted by atomic mass is 79.9. The van der Waals surface area contributed by atoms with Crippen LogP contribution in [-0.2, 0) is 0 Å². The molecule has 2 heterocycles. The van der Waals surface area contributed by atoms with E-state index in [4.69, 9.17) is 9.98 Å². The van der Waals surface area contributed by atoms with Crippen LogP contribution in [0.2, 0.25) is 0 Å². The molecule has 0 atom stereocenters. The molecule has 0 amide bonds. The van der Waals surface area contributed by atoms with Crippen molar-refractivity contribution in [2.45, 2.75) is 13.8 Å². The third-order valence-corrected chi connectivity index (χ3v) is 5.45. The van der Waals surface area contributed by atoms with Gasteiger partial charge in [-0.3, -0.25) is 4.98 Å². The van der Waals surface area contributed by atoms with Gasteiger partial charge in [0.1, 0.15) is 0 Å². The summed E-state index contributed by atoms with van der Waals surface area (Å²) in [4.78, 5) is 14.2. The Morgan fingerprint density at radius 1 is 0.923 bits per heavy atom. The highest BCUT2D eigenvalue weighted by molar-refractivity contribution is 9.11. The molecule has 0 fully saturated rings. The van der Waals surface area contributed by atoms with Gasteiger partial charge in [0.15, 0.2) is 0 Å². The molecule has 2 aromatic carbocycles. The molecule has 0 saturated heterocycles. The summed E-state index contributed by atoms with van der Waals surface area (Å²) >= 11 is 7.21. The normalized spacial score (nSPS) is 12.1. The van der Waals surface area contributed by atoms with Gasteiger partial charge in [0.25, 0.3) is 0 Å². The number of nitrogens with zero attached hydrogens (tertiary/aromatic N) is 3. The summed E-state index contributed by atoms with van der Waals surface area (Å²) in [6.07, 6.45) is 1.80. The van der Waals surface area contributed by atoms with Crippen LogP contribution in [0.4, 0.5) is 5.69 Å². The number of halogens is 2. The second-order valence-corrected chi connectivity index (χ2v) is 7.89. The average Bonchev–Trinajstić information content (AvgIpc) is 2.64. The summed E-state index contributed by atoms with van der Waals surface area (Å²) in [5.41, 5.74) is 5.54. The first kappa shape index (κ1) is 17.3. The molecule has 0 unspecified atom stereocenters. The van der Waals surface area contributed by atoms with Gasteiger partial charge in [-0.1, -0.05) is 24.3 Å². The van der Waals surface area contributed by atoms with Crippen molar-refractivity contribution in [3.8, 4) is 0 Å². The second kappa shape index (κ2) is 6.89. The molecule has 5 heteroatoms. The lowest BCUT2D eigenvalue weighted by Gasteiger charge is -2.08. The van der Waals surface area contributed by atoms with Crippen LogP contribution in [0.25, 0.3) is 21.8 Å². The molecule has 3 nitrogen and oxygen atoms in total. The summed E-state index contributed by atoms with van der Waals surface area (Å²) in [6.45, 7) is 4.03. The van der Waals surface area contributed by atoms with E-state index in [-0.39, 0.29) is 0 Å². The summed E-state index contributed by atoms with van der Waals surface area (Å²) < 4.78 is 1.91. The van der Waals surface area contributed by atoms with Crippen LogP contribution < -0.4 is 0 Å². The standard InChI is InChI=1S/C21H15Br2N3/c1-12-10-16(22)21(17(23)11-12)25-13(2)18-8-7-15-6-5-14-4-3-9-24-19(14)20(15)26-18/h3-11H,1-2H3. The minimum atomic E-state index is 0.843. The number of benzene rings is 2. The molecule has 128 valence electrons. The number of hydrogen-bond donors (Lipinski definition) is 0. The zero-order valence-corrected chi connectivity index (χ0v) is 17.5. The van der Waals surface area contributed by atoms with Gasteiger partial charge in [0, 0.05) is 25.9 Å². The fourth-order valence-electron chi connectivity index (χ4n) is 2.95. The van der Waals surface area contributed by atoms with Gasteiger partial charge >= 0.3 is 0 Å². The van der Waals surface area contributed by atoms with Crippen LogP contribution in [0, 0.1) is 6.92 Å². The molecule has 0 aliphatic heterocycles. The Morgan fingerprint density at radius 2 is 1.58 bits per heavy atom. The number of aliphatic imine (C=N–C) groups is 1. The minimum Gasteiger partial charge on any atom is -0.254 e. The Hall–Kier alpha value is -2.11. The van der Waals surface area contributed by atoms with E-state index in [2.05, 4.69) is 80.2 Å². The maximum Gasteiger partial charge on any atom is 0.0972 e. The van der Waals surface area contributed by atoms with E-state index in [1.54, 1.807) is 6.20 Å². The van der Waals surface area contributed by atoms with Crippen LogP contribution in [0.15, 0.2) is 68.7 Å². The zero-order valence-electron chi connectivity index (χ0n) is 14.3. The van der Waals surface area contributed by atoms with Crippen LogP contribution in [0.3, 0.4) is 0 Å². The molecule has 0 saturated carbocycles. The van der Waals surface area contributed by atoms with Gasteiger partial charge < -0.3 is 0 Å². The maximum atomic E-state index is 4.85. The first-order valence-corrected chi connectivity index (χ1v) is 9.77. The number of aryl methyl sites for hydroxylation is 1. The molecule has 2 aromatic heterocycles. The lowest BCUT2D eigenvalue weighted by atomic mass is 10.1. The third-order valence-electron chi connectivity index (χ3n) is 4.24. The third kappa shape index (κ3) is 3.17. The summed E-state index contributed by atoms with van der Waals surface area (Å²) in [6, 6.07) is 16.3. The Morgan fingerprint density at radius 3 is 2.31 bits per heavy atom. The topological polar surface area (TPSA) is 38.1 Å². The van der Waals surface area contributed by atoms with Gasteiger partial charge in [-0.15, -0.1) is 0 Å². The summed E-state index contributed by atoms with van der Waals surface area (Å²) in [5, 5.41) is 2.16. The van der Waals surface area contributed by atoms with Gasteiger partial charge in [-0.05, 0) is 75.5 Å². The largest absolute Gasteiger partial charge is 0.254 e. The first-order valence-electron chi connectivity index (χ1n) is 8.19. The van der Waals surface area contributed by atoms with E-state index in [9.17, 15) is 0 Å². The predicted molar refractivity (Wildman–Crippen MR) is 115 cm³/mol. The Labute approximate surface area is 168 Å². The van der Waals surface area contributed by atoms with Gasteiger partial charge in [-0.2, -0.15) is 0 Å². The molecule has 0 aliphatic rings. The van der Waals surface area contributed by atoms with E-state index in [1.165, 1.54) is 5.56 Å². The molecule has 0 N–H and O–H groups in total. The Bertz CT molecular complexity index is 1160. The van der Waals surface area contributed by atoms with Crippen molar-refractivity contribution < 1.29 is 0 Å². The molecule has 4 aromatic rings. The molecule has 26 heavy (non-hydrogen) atoms. The molecule has 0 aliphatic carbocycles. The molecular weight excluding hydrogens is 454 g/mol. The van der Waals surface area contributed by atoms with Crippen LogP contribution in [0.5, 0.6) is 0 Å². The average molecular weight is 469 g/mol. The fraction of sp³-hybridized carbons (Fsp3) is 0.0952. The fourth-order valence-corrected chi connectivity index (χ4v) is 4.54. The maximum absolute atomic E-state index is 4.85. The molecule has 4 rings (SSSR count). The van der Waals surface area contributed by atoms with Crippen molar-refractivity contribution >= 4 is 65.1 Å². The van der Waals surface area contributed by atoms with E-state index in [0.717, 1.165) is 47.8 Å². The Kier molecular flexibility index (Phi) is 4.59. The van der Waals surface area contributed by atoms with Gasteiger partial charge in [0.05, 0.1) is 28.1 Å². The smallest absolute Gasteiger partial charge is 0.0972 e. The summed E-state index contributed by atoms with van der Waals surface area (Å²) in [7, 11) is 0. The second-order valence-electron chi connectivity index (χ2n) is 6.18. The number of hydrogen-bond acceptors (Lipinski definition) is 3. The van der Waals surface area contributed by atoms with Gasteiger partial charge in [0.2, 0.25) is 0 Å². The van der Waals surface area contributed by atoms with Crippen LogP contribution in [0.1, 0.15) is 18.2 Å². The van der Waals surface area contributed by atoms with E-state index < -0.39 is 0 Å². The molecular formula is C21H15Br2N3. The number of pyridine rings is 2. The van der Waals surface area contributed by atoms with Gasteiger partial charge in [-0.25, -0.2) is 9.98 Å². The van der Waals surface area contributed by atoms with Crippen molar-refractivity contribution in [3.05, 3.63) is 74.9 Å². The minimum absolute atomic E-state index is 0.843. The van der Waals surface area contributed by atoms with Crippen molar-refractivity contribution in [2.24, 2.45) is 4.99 Å². The van der Waals surface area contributed by atoms with Crippen LogP contribution in [-0.4, -0.2) is 15.7 Å². The Balaban J connectivity index is 1.87. The van der Waals surface area contributed by atoms with E-state index in [1.807, 2.05) is 19.1 Å². The number of rotatable bonds is 2. The van der Waals surface area contributed by atoms with E-state index in [0.29, 0.717) is 0 Å². The van der Waals surface area contributed by atoms with Crippen LogP contribution >= 0.6 is 31.9 Å². The quantitative estimate of drug-likeness (QED) is 0.241. The highest BCUT2D eigenvalue weighted by Gasteiger charge is 2.09. The number of fused-ring (bicyclic) bond motifs is 3. The summed E-state index contributed by atoms with van der Waals surface area (Å²) in [5.74, 6) is 0. The predicted octanol–water partition coefficient (Wildman–Crippen LogP) is 6.76. The van der Waals surface area contributed by atoms with Crippen molar-refractivity contribution in [1.82, 2.24) is 9.97 Å². The number of aromatic nitrogens is 2. The van der Waals surface area contributed by atoms with Crippen molar-refractivity contribution in [2.75, 3.05) is 0 Å². The highest BCUT2D eigenvalue weighted by Crippen LogP contribution is 2.35. The van der Waals surface area contributed by atoms with Crippen molar-refractivity contribution in [1.29, 1.82) is 0 Å². The van der Waals surface area contributed by atoms with E-state index >= 15 is 0 Å². The molecule has 0 radical (unpaired) electrons.